The number of likely N-dealkylation sites (tertiary alicyclic amines) is 2. The minimum absolute atomic E-state index is 0.0483. The Labute approximate surface area is 245 Å². The van der Waals surface area contributed by atoms with Crippen LogP contribution in [0.1, 0.15) is 64.9 Å². The minimum atomic E-state index is -1.06. The van der Waals surface area contributed by atoms with Crippen molar-refractivity contribution in [2.24, 2.45) is 22.7 Å². The summed E-state index contributed by atoms with van der Waals surface area (Å²) >= 11 is 0. The Balaban J connectivity index is 1.11. The summed E-state index contributed by atoms with van der Waals surface area (Å²) in [4.78, 5) is 53.7. The summed E-state index contributed by atoms with van der Waals surface area (Å²) in [6.45, 7) is 8.02. The number of carbonyl (C=O) groups is 3. The molecule has 1 aliphatic carbocycles. The minimum Gasteiger partial charge on any atom is -0.493 e. The number of benzene rings is 1. The van der Waals surface area contributed by atoms with E-state index in [1.165, 1.54) is 26.4 Å². The zero-order valence-corrected chi connectivity index (χ0v) is 25.1. The molecule has 230 valence electrons. The quantitative estimate of drug-likeness (QED) is 0.259. The summed E-state index contributed by atoms with van der Waals surface area (Å²) in [5.41, 5.74) is -2.21. The van der Waals surface area contributed by atoms with Crippen molar-refractivity contribution in [2.45, 2.75) is 71.5 Å². The topological polar surface area (TPSA) is 138 Å². The highest BCUT2D eigenvalue weighted by atomic mass is 16.6. The van der Waals surface area contributed by atoms with E-state index in [0.717, 1.165) is 25.7 Å². The van der Waals surface area contributed by atoms with Gasteiger partial charge >= 0.3 is 12.1 Å². The van der Waals surface area contributed by atoms with Crippen LogP contribution in [0.2, 0.25) is 0 Å². The number of carbonyl (C=O) groups excluding carboxylic acids is 3. The van der Waals surface area contributed by atoms with Gasteiger partial charge in [0, 0.05) is 31.6 Å². The normalized spacial score (nSPS) is 27.5. The highest BCUT2D eigenvalue weighted by Crippen LogP contribution is 2.66. The Bertz CT molecular complexity index is 1270. The molecule has 2 bridgehead atoms. The molecule has 5 rings (SSSR count). The maximum absolute atomic E-state index is 13.7. The molecule has 4 fully saturated rings. The largest absolute Gasteiger partial charge is 0.493 e. The van der Waals surface area contributed by atoms with Crippen molar-refractivity contribution in [3.63, 3.8) is 0 Å². The van der Waals surface area contributed by atoms with E-state index in [2.05, 4.69) is 0 Å². The molecule has 12 nitrogen and oxygen atoms in total. The second-order valence-electron chi connectivity index (χ2n) is 12.8. The van der Waals surface area contributed by atoms with Crippen LogP contribution in [0, 0.1) is 32.8 Å². The molecule has 0 N–H and O–H groups in total. The van der Waals surface area contributed by atoms with Gasteiger partial charge in [0.2, 0.25) is 0 Å². The molecule has 42 heavy (non-hydrogen) atoms. The Morgan fingerprint density at radius 3 is 1.98 bits per heavy atom. The summed E-state index contributed by atoms with van der Waals surface area (Å²) in [5.74, 6) is 1.13. The van der Waals surface area contributed by atoms with Gasteiger partial charge in [0.25, 0.3) is 11.6 Å². The van der Waals surface area contributed by atoms with Crippen molar-refractivity contribution < 1.29 is 38.3 Å². The lowest BCUT2D eigenvalue weighted by Gasteiger charge is -2.43. The van der Waals surface area contributed by atoms with Crippen LogP contribution in [0.5, 0.6) is 11.5 Å². The van der Waals surface area contributed by atoms with Crippen molar-refractivity contribution >= 4 is 23.7 Å². The first-order valence-electron chi connectivity index (χ1n) is 14.7. The van der Waals surface area contributed by atoms with Gasteiger partial charge in [-0.25, -0.2) is 4.79 Å². The number of esters is 1. The van der Waals surface area contributed by atoms with E-state index in [1.807, 2.05) is 25.7 Å². The third-order valence-corrected chi connectivity index (χ3v) is 10.9. The second kappa shape index (κ2) is 10.9. The van der Waals surface area contributed by atoms with Crippen LogP contribution in [0.15, 0.2) is 12.1 Å². The van der Waals surface area contributed by atoms with E-state index in [9.17, 15) is 24.5 Å². The molecule has 3 aliphatic heterocycles. The maximum Gasteiger partial charge on any atom is 0.410 e. The van der Waals surface area contributed by atoms with Gasteiger partial charge in [-0.15, -0.1) is 0 Å². The molecule has 3 heterocycles. The predicted octanol–water partition coefficient (Wildman–Crippen LogP) is 4.32. The number of nitro groups is 1. The van der Waals surface area contributed by atoms with Gasteiger partial charge < -0.3 is 28.7 Å². The number of nitro benzene ring substituents is 1. The first-order chi connectivity index (χ1) is 19.9. The zero-order chi connectivity index (χ0) is 30.4. The van der Waals surface area contributed by atoms with Crippen LogP contribution in [-0.4, -0.2) is 78.7 Å². The summed E-state index contributed by atoms with van der Waals surface area (Å²) in [5, 5.41) is 11.6. The lowest BCUT2D eigenvalue weighted by Crippen LogP contribution is -2.56. The molecule has 0 aromatic heterocycles. The monoisotopic (exact) mass is 587 g/mol. The number of piperidine rings is 2. The van der Waals surface area contributed by atoms with Crippen molar-refractivity contribution in [1.82, 2.24) is 9.80 Å². The molecular weight excluding hydrogens is 546 g/mol. The fourth-order valence-corrected chi connectivity index (χ4v) is 7.53. The number of fused-ring (bicyclic) bond motifs is 2. The summed E-state index contributed by atoms with van der Waals surface area (Å²) in [7, 11) is 2.83. The number of hydrogen-bond acceptors (Lipinski definition) is 9. The molecule has 12 heteroatoms. The predicted molar refractivity (Wildman–Crippen MR) is 150 cm³/mol. The number of ether oxygens (including phenoxy) is 4. The molecule has 2 unspecified atom stereocenters. The van der Waals surface area contributed by atoms with E-state index in [-0.39, 0.29) is 35.5 Å². The Morgan fingerprint density at radius 2 is 1.50 bits per heavy atom. The van der Waals surface area contributed by atoms with Crippen molar-refractivity contribution in [3.05, 3.63) is 27.8 Å². The lowest BCUT2D eigenvalue weighted by atomic mass is 9.66. The SMILES string of the molecule is COc1cc(COC(=O)N2CCC(C3CCN(C(=O)C45CCC(C)(C(=O)O4)C5(C)C)CC3)CC2)c([N+](=O)[O-])cc1OC. The van der Waals surface area contributed by atoms with Crippen LogP contribution in [0.25, 0.3) is 0 Å². The fraction of sp³-hybridized carbons (Fsp3) is 0.700. The molecule has 3 saturated heterocycles. The molecule has 1 saturated carbocycles. The van der Waals surface area contributed by atoms with E-state index in [1.54, 1.807) is 4.90 Å². The number of hydrogen-bond donors (Lipinski definition) is 0. The first kappa shape index (κ1) is 29.9. The Kier molecular flexibility index (Phi) is 7.78. The average Bonchev–Trinajstić information content (AvgIpc) is 3.29. The number of methoxy groups -OCH3 is 2. The molecule has 1 aromatic carbocycles. The van der Waals surface area contributed by atoms with Crippen molar-refractivity contribution in [1.29, 1.82) is 0 Å². The fourth-order valence-electron chi connectivity index (χ4n) is 7.53. The van der Waals surface area contributed by atoms with Crippen molar-refractivity contribution in [3.8, 4) is 11.5 Å². The molecule has 2 atom stereocenters. The molecule has 0 radical (unpaired) electrons. The highest BCUT2D eigenvalue weighted by molar-refractivity contribution is 5.96. The van der Waals surface area contributed by atoms with Gasteiger partial charge in [-0.3, -0.25) is 19.7 Å². The van der Waals surface area contributed by atoms with E-state index in [4.69, 9.17) is 18.9 Å². The lowest BCUT2D eigenvalue weighted by molar-refractivity contribution is -0.385. The third kappa shape index (κ3) is 4.63. The molecule has 2 amide bonds. The van der Waals surface area contributed by atoms with Gasteiger partial charge in [0.05, 0.1) is 36.2 Å². The van der Waals surface area contributed by atoms with Gasteiger partial charge in [0.1, 0.15) is 6.61 Å². The standard InChI is InChI=1S/C30H41N3O9/c1-28(2)29(3)10-11-30(28,42-26(29)35)25(34)31-12-6-19(7-13-31)20-8-14-32(15-9-20)27(36)41-18-21-16-23(39-4)24(40-5)17-22(21)33(37)38/h16-17,19-20H,6-15,18H2,1-5H3. The van der Waals surface area contributed by atoms with Gasteiger partial charge in [-0.1, -0.05) is 13.8 Å². The molecule has 0 spiro atoms. The molecule has 1 aromatic rings. The second-order valence-corrected chi connectivity index (χ2v) is 12.8. The Hall–Kier alpha value is -3.57. The molecular formula is C30H41N3O9. The number of nitrogens with zero attached hydrogens (tertiary/aromatic N) is 3. The summed E-state index contributed by atoms with van der Waals surface area (Å²) < 4.78 is 21.7. The van der Waals surface area contributed by atoms with Crippen LogP contribution < -0.4 is 9.47 Å². The van der Waals surface area contributed by atoms with E-state index < -0.39 is 27.4 Å². The Morgan fingerprint density at radius 1 is 0.952 bits per heavy atom. The average molecular weight is 588 g/mol. The van der Waals surface area contributed by atoms with E-state index in [0.29, 0.717) is 56.6 Å². The number of rotatable bonds is 7. The third-order valence-electron chi connectivity index (χ3n) is 10.9. The highest BCUT2D eigenvalue weighted by Gasteiger charge is 2.76. The smallest absolute Gasteiger partial charge is 0.410 e. The van der Waals surface area contributed by atoms with Crippen LogP contribution in [0.3, 0.4) is 0 Å². The summed E-state index contributed by atoms with van der Waals surface area (Å²) in [6, 6.07) is 2.72. The number of amides is 2. The van der Waals surface area contributed by atoms with E-state index >= 15 is 0 Å². The van der Waals surface area contributed by atoms with Crippen molar-refractivity contribution in [2.75, 3.05) is 40.4 Å². The maximum atomic E-state index is 13.7. The van der Waals surface area contributed by atoms with Crippen LogP contribution >= 0.6 is 0 Å². The zero-order valence-electron chi connectivity index (χ0n) is 25.1. The van der Waals surface area contributed by atoms with Crippen LogP contribution in [0.4, 0.5) is 10.5 Å². The van der Waals surface area contributed by atoms with Gasteiger partial charge in [-0.05, 0) is 63.4 Å². The van der Waals surface area contributed by atoms with Gasteiger partial charge in [-0.2, -0.15) is 0 Å². The summed E-state index contributed by atoms with van der Waals surface area (Å²) in [6.07, 6.45) is 4.17. The van der Waals surface area contributed by atoms with Gasteiger partial charge in [0.15, 0.2) is 17.1 Å². The first-order valence-corrected chi connectivity index (χ1v) is 14.7. The molecule has 4 aliphatic rings. The van der Waals surface area contributed by atoms with Crippen LogP contribution in [-0.2, 0) is 25.7 Å².